The quantitative estimate of drug-likeness (QED) is 0.636. The molecule has 0 atom stereocenters. The average Bonchev–Trinajstić information content (AvgIpc) is 2.54. The van der Waals surface area contributed by atoms with Gasteiger partial charge in [-0.25, -0.2) is 0 Å². The van der Waals surface area contributed by atoms with Gasteiger partial charge in [-0.15, -0.1) is 12.4 Å². The summed E-state index contributed by atoms with van der Waals surface area (Å²) in [6.45, 7) is 0. The molecule has 0 aromatic rings. The molecule has 0 spiro atoms. The molecule has 0 radical (unpaired) electrons. The summed E-state index contributed by atoms with van der Waals surface area (Å²) >= 11 is 0. The Labute approximate surface area is 142 Å². The molecule has 0 saturated carbocycles. The van der Waals surface area contributed by atoms with Crippen LogP contribution in [0.4, 0.5) is 0 Å². The Morgan fingerprint density at radius 3 is 2.04 bits per heavy atom. The molecular formula is C17H19ClN4O. The Kier molecular flexibility index (Phi) is 13.2. The number of allylic oxidation sites excluding steroid dienone is 9. The molecule has 0 saturated heterocycles. The largest absolute Gasteiger partial charge is 0.473 e. The van der Waals surface area contributed by atoms with Crippen LogP contribution in [0.15, 0.2) is 97.8 Å². The van der Waals surface area contributed by atoms with Crippen LogP contribution in [0.5, 0.6) is 0 Å². The summed E-state index contributed by atoms with van der Waals surface area (Å²) in [6.07, 6.45) is 26.0. The zero-order valence-corrected chi connectivity index (χ0v) is 13.2. The number of ether oxygens (including phenoxy) is 1. The minimum Gasteiger partial charge on any atom is -0.473 e. The first-order chi connectivity index (χ1) is 10.9. The first-order valence-electron chi connectivity index (χ1n) is 6.59. The number of nitriles is 1. The van der Waals surface area contributed by atoms with Gasteiger partial charge in [-0.3, -0.25) is 0 Å². The van der Waals surface area contributed by atoms with Crippen molar-refractivity contribution < 1.29 is 4.74 Å². The molecule has 1 aliphatic rings. The Hall–Kier alpha value is -3.10. The van der Waals surface area contributed by atoms with E-state index in [9.17, 15) is 0 Å². The zero-order chi connectivity index (χ0) is 15.7. The van der Waals surface area contributed by atoms with Gasteiger partial charge in [-0.1, -0.05) is 24.3 Å². The third-order valence-electron chi connectivity index (χ3n) is 2.13. The topological polar surface area (TPSA) is 69.1 Å². The van der Waals surface area contributed by atoms with Gasteiger partial charge in [0.2, 0.25) is 0 Å². The molecule has 1 rings (SSSR count). The Morgan fingerprint density at radius 1 is 0.739 bits per heavy atom. The number of halogens is 1. The van der Waals surface area contributed by atoms with Gasteiger partial charge in [-0.05, 0) is 24.3 Å². The van der Waals surface area contributed by atoms with E-state index in [0.29, 0.717) is 5.70 Å². The molecule has 1 heterocycles. The summed E-state index contributed by atoms with van der Waals surface area (Å²) in [7, 11) is 0. The van der Waals surface area contributed by atoms with Gasteiger partial charge in [0.05, 0.1) is 12.5 Å². The molecule has 5 nitrogen and oxygen atoms in total. The molecule has 0 amide bonds. The number of nitrogens with one attached hydrogen (secondary N) is 3. The highest BCUT2D eigenvalue weighted by molar-refractivity contribution is 5.85. The van der Waals surface area contributed by atoms with Gasteiger partial charge in [0.1, 0.15) is 11.8 Å². The van der Waals surface area contributed by atoms with E-state index in [0.717, 1.165) is 0 Å². The van der Waals surface area contributed by atoms with E-state index in [4.69, 9.17) is 10.00 Å². The first kappa shape index (κ1) is 19.9. The SMILES string of the molecule is Cl.N#CC1=CNC=CNC=CC=CC=COC=CC=CC=CN1. The van der Waals surface area contributed by atoms with E-state index < -0.39 is 0 Å². The van der Waals surface area contributed by atoms with E-state index in [-0.39, 0.29) is 12.4 Å². The molecule has 23 heavy (non-hydrogen) atoms. The number of nitrogens with zero attached hydrogens (tertiary/aromatic N) is 1. The maximum atomic E-state index is 8.94. The van der Waals surface area contributed by atoms with Crippen molar-refractivity contribution in [1.82, 2.24) is 16.0 Å². The second-order valence-corrected chi connectivity index (χ2v) is 3.76. The molecule has 3 N–H and O–H groups in total. The summed E-state index contributed by atoms with van der Waals surface area (Å²) < 4.78 is 5.14. The Balaban J connectivity index is 0.00000484. The van der Waals surface area contributed by atoms with Gasteiger partial charge in [-0.2, -0.15) is 5.26 Å². The summed E-state index contributed by atoms with van der Waals surface area (Å²) in [5, 5.41) is 17.6. The lowest BCUT2D eigenvalue weighted by Crippen LogP contribution is -2.07. The average molecular weight is 331 g/mol. The maximum absolute atomic E-state index is 8.94. The van der Waals surface area contributed by atoms with E-state index in [1.807, 2.05) is 36.4 Å². The standard InChI is InChI=1S/C17H18N4O.ClH/c18-15-17-16-20-12-11-19-9-5-1-3-7-13-22-14-8-4-2-6-10-21-17;/h1-14,16,19-21H;1H. The third kappa shape index (κ3) is 12.4. The van der Waals surface area contributed by atoms with Gasteiger partial charge in [0, 0.05) is 31.0 Å². The van der Waals surface area contributed by atoms with Crippen molar-refractivity contribution >= 4 is 12.4 Å². The maximum Gasteiger partial charge on any atom is 0.133 e. The molecule has 0 aromatic heterocycles. The fraction of sp³-hybridized carbons (Fsp3) is 0. The monoisotopic (exact) mass is 330 g/mol. The number of hydrogen-bond donors (Lipinski definition) is 3. The molecule has 6 heteroatoms. The van der Waals surface area contributed by atoms with Crippen molar-refractivity contribution in [3.63, 3.8) is 0 Å². The second kappa shape index (κ2) is 15.3. The van der Waals surface area contributed by atoms with Gasteiger partial charge in [0.25, 0.3) is 0 Å². The number of hydrogen-bond acceptors (Lipinski definition) is 5. The summed E-state index contributed by atoms with van der Waals surface area (Å²) in [4.78, 5) is 0. The lowest BCUT2D eigenvalue weighted by atomic mass is 10.4. The van der Waals surface area contributed by atoms with E-state index >= 15 is 0 Å². The van der Waals surface area contributed by atoms with Gasteiger partial charge >= 0.3 is 0 Å². The molecule has 0 aromatic carbocycles. The Bertz CT molecular complexity index is 590. The van der Waals surface area contributed by atoms with E-state index in [1.54, 1.807) is 61.8 Å². The van der Waals surface area contributed by atoms with Crippen LogP contribution >= 0.6 is 12.4 Å². The van der Waals surface area contributed by atoms with Crippen LogP contribution in [0.25, 0.3) is 0 Å². The fourth-order valence-electron chi connectivity index (χ4n) is 1.18. The molecule has 0 aliphatic carbocycles. The molecule has 0 unspecified atom stereocenters. The van der Waals surface area contributed by atoms with Gasteiger partial charge < -0.3 is 20.7 Å². The smallest absolute Gasteiger partial charge is 0.133 e. The summed E-state index contributed by atoms with van der Waals surface area (Å²) in [5.41, 5.74) is 0.395. The normalized spacial score (nSPS) is 15.0. The van der Waals surface area contributed by atoms with Crippen LogP contribution in [-0.2, 0) is 4.74 Å². The second-order valence-electron chi connectivity index (χ2n) is 3.76. The van der Waals surface area contributed by atoms with Gasteiger partial charge in [0.15, 0.2) is 0 Å². The van der Waals surface area contributed by atoms with Crippen LogP contribution in [-0.4, -0.2) is 0 Å². The van der Waals surface area contributed by atoms with Crippen molar-refractivity contribution in [2.45, 2.75) is 0 Å². The number of rotatable bonds is 0. The van der Waals surface area contributed by atoms with Crippen LogP contribution < -0.4 is 16.0 Å². The zero-order valence-electron chi connectivity index (χ0n) is 12.4. The highest BCUT2D eigenvalue weighted by Crippen LogP contribution is 1.87. The van der Waals surface area contributed by atoms with Crippen molar-refractivity contribution in [2.75, 3.05) is 0 Å². The minimum atomic E-state index is 0. The predicted molar refractivity (Wildman–Crippen MR) is 95.4 cm³/mol. The fourth-order valence-corrected chi connectivity index (χ4v) is 1.18. The molecule has 0 fully saturated rings. The third-order valence-corrected chi connectivity index (χ3v) is 2.13. The van der Waals surface area contributed by atoms with Crippen molar-refractivity contribution in [3.05, 3.63) is 97.8 Å². The van der Waals surface area contributed by atoms with Crippen molar-refractivity contribution in [1.29, 1.82) is 5.26 Å². The highest BCUT2D eigenvalue weighted by atomic mass is 35.5. The van der Waals surface area contributed by atoms with Crippen LogP contribution in [0, 0.1) is 11.3 Å². The molecule has 120 valence electrons. The lowest BCUT2D eigenvalue weighted by molar-refractivity contribution is 0.403. The van der Waals surface area contributed by atoms with E-state index in [1.165, 1.54) is 0 Å². The minimum absolute atomic E-state index is 0. The summed E-state index contributed by atoms with van der Waals surface area (Å²) in [5.74, 6) is 0. The van der Waals surface area contributed by atoms with Crippen LogP contribution in [0.1, 0.15) is 0 Å². The summed E-state index contributed by atoms with van der Waals surface area (Å²) in [6, 6.07) is 2.03. The highest BCUT2D eigenvalue weighted by Gasteiger charge is 1.86. The molecule has 1 aliphatic heterocycles. The van der Waals surface area contributed by atoms with Crippen LogP contribution in [0.2, 0.25) is 0 Å². The van der Waals surface area contributed by atoms with Crippen LogP contribution in [0.3, 0.4) is 0 Å². The van der Waals surface area contributed by atoms with E-state index in [2.05, 4.69) is 16.0 Å². The first-order valence-corrected chi connectivity index (χ1v) is 6.59. The lowest BCUT2D eigenvalue weighted by Gasteiger charge is -1.97. The Morgan fingerprint density at radius 2 is 1.35 bits per heavy atom. The van der Waals surface area contributed by atoms with Crippen molar-refractivity contribution in [2.24, 2.45) is 0 Å². The predicted octanol–water partition coefficient (Wildman–Crippen LogP) is 3.21. The molecule has 0 bridgehead atoms. The van der Waals surface area contributed by atoms with Crippen molar-refractivity contribution in [3.8, 4) is 6.07 Å². The molecular weight excluding hydrogens is 312 g/mol.